The zero-order valence-corrected chi connectivity index (χ0v) is 11.5. The third kappa shape index (κ3) is 4.51. The normalized spacial score (nSPS) is 16.1. The smallest absolute Gasteiger partial charge is 0.230 e. The number of aliphatic hydroxyl groups excluding tert-OH is 1. The monoisotopic (exact) mass is 283 g/mol. The van der Waals surface area contributed by atoms with E-state index in [1.54, 1.807) is 12.1 Å². The van der Waals surface area contributed by atoms with Crippen molar-refractivity contribution < 1.29 is 14.3 Å². The van der Waals surface area contributed by atoms with Crippen molar-refractivity contribution in [2.75, 3.05) is 18.9 Å². The summed E-state index contributed by atoms with van der Waals surface area (Å²) in [4.78, 5) is 12.6. The molecule has 0 radical (unpaired) electrons. The molecule has 104 valence electrons. The summed E-state index contributed by atoms with van der Waals surface area (Å²) in [5, 5.41) is 11.8. The summed E-state index contributed by atoms with van der Waals surface area (Å²) in [5.41, 5.74) is 0.144. The van der Waals surface area contributed by atoms with E-state index in [0.29, 0.717) is 12.3 Å². The molecule has 1 amide bonds. The minimum Gasteiger partial charge on any atom is -0.396 e. The molecule has 0 bridgehead atoms. The van der Waals surface area contributed by atoms with Gasteiger partial charge in [0.1, 0.15) is 5.82 Å². The molecular weight excluding hydrogens is 265 g/mol. The van der Waals surface area contributed by atoms with E-state index < -0.39 is 0 Å². The van der Waals surface area contributed by atoms with Crippen LogP contribution >= 0.6 is 11.8 Å². The molecule has 2 rings (SSSR count). The highest BCUT2D eigenvalue weighted by molar-refractivity contribution is 8.00. The lowest BCUT2D eigenvalue weighted by Gasteiger charge is -2.14. The number of halogens is 1. The number of carbonyl (C=O) groups is 1. The molecule has 1 aliphatic rings. The van der Waals surface area contributed by atoms with E-state index in [4.69, 9.17) is 5.11 Å². The summed E-state index contributed by atoms with van der Waals surface area (Å²) in [7, 11) is 0. The molecule has 0 saturated heterocycles. The number of aliphatic hydroxyl groups is 1. The Hall–Kier alpha value is -1.07. The largest absolute Gasteiger partial charge is 0.396 e. The summed E-state index contributed by atoms with van der Waals surface area (Å²) in [6.45, 7) is 0.830. The number of carbonyl (C=O) groups excluding carboxylic acids is 1. The molecule has 1 saturated carbocycles. The lowest BCUT2D eigenvalue weighted by Crippen LogP contribution is -2.31. The van der Waals surface area contributed by atoms with Crippen molar-refractivity contribution in [1.82, 2.24) is 5.32 Å². The van der Waals surface area contributed by atoms with Crippen LogP contribution in [-0.2, 0) is 4.79 Å². The van der Waals surface area contributed by atoms with E-state index in [0.717, 1.165) is 24.2 Å². The van der Waals surface area contributed by atoms with Gasteiger partial charge in [-0.05, 0) is 48.9 Å². The average molecular weight is 283 g/mol. The van der Waals surface area contributed by atoms with Crippen LogP contribution in [0.1, 0.15) is 19.3 Å². The fourth-order valence-corrected chi connectivity index (χ4v) is 2.67. The highest BCUT2D eigenvalue weighted by atomic mass is 32.2. The standard InChI is InChI=1S/C14H18FNO2S/c15-11-1-3-12(4-2-11)19-9-13(18)16-10-14(5-6-14)7-8-17/h1-4,17H,5-10H2,(H,16,18). The van der Waals surface area contributed by atoms with Crippen LogP contribution in [0.2, 0.25) is 0 Å². The first kappa shape index (κ1) is 14.3. The molecule has 1 fully saturated rings. The number of benzene rings is 1. The quantitative estimate of drug-likeness (QED) is 0.754. The predicted molar refractivity (Wildman–Crippen MR) is 73.5 cm³/mol. The number of hydrogen-bond acceptors (Lipinski definition) is 3. The molecule has 3 nitrogen and oxygen atoms in total. The fraction of sp³-hybridized carbons (Fsp3) is 0.500. The van der Waals surface area contributed by atoms with Gasteiger partial charge in [0.2, 0.25) is 5.91 Å². The topological polar surface area (TPSA) is 49.3 Å². The van der Waals surface area contributed by atoms with Gasteiger partial charge in [-0.2, -0.15) is 0 Å². The predicted octanol–water partition coefficient (Wildman–Crippen LogP) is 2.20. The summed E-state index contributed by atoms with van der Waals surface area (Å²) < 4.78 is 12.7. The van der Waals surface area contributed by atoms with Crippen molar-refractivity contribution in [2.24, 2.45) is 5.41 Å². The van der Waals surface area contributed by atoms with Gasteiger partial charge in [-0.15, -0.1) is 11.8 Å². The van der Waals surface area contributed by atoms with Crippen molar-refractivity contribution in [3.05, 3.63) is 30.1 Å². The molecule has 19 heavy (non-hydrogen) atoms. The van der Waals surface area contributed by atoms with Crippen molar-refractivity contribution in [3.8, 4) is 0 Å². The van der Waals surface area contributed by atoms with Crippen molar-refractivity contribution >= 4 is 17.7 Å². The van der Waals surface area contributed by atoms with Gasteiger partial charge in [-0.3, -0.25) is 4.79 Å². The molecule has 1 aromatic rings. The third-order valence-electron chi connectivity index (χ3n) is 3.44. The van der Waals surface area contributed by atoms with Crippen molar-refractivity contribution in [1.29, 1.82) is 0 Å². The first-order chi connectivity index (χ1) is 9.13. The Morgan fingerprint density at radius 1 is 1.37 bits per heavy atom. The SMILES string of the molecule is O=C(CSc1ccc(F)cc1)NCC1(CCO)CC1. The maximum Gasteiger partial charge on any atom is 0.230 e. The van der Waals surface area contributed by atoms with Crippen LogP contribution in [0.15, 0.2) is 29.2 Å². The molecule has 0 unspecified atom stereocenters. The van der Waals surface area contributed by atoms with Crippen LogP contribution < -0.4 is 5.32 Å². The first-order valence-electron chi connectivity index (χ1n) is 6.39. The molecular formula is C14H18FNO2S. The van der Waals surface area contributed by atoms with E-state index in [-0.39, 0.29) is 23.7 Å². The van der Waals surface area contributed by atoms with Crippen LogP contribution in [0.25, 0.3) is 0 Å². The minimum absolute atomic E-state index is 0.0152. The Morgan fingerprint density at radius 3 is 2.63 bits per heavy atom. The van der Waals surface area contributed by atoms with Crippen LogP contribution in [0.4, 0.5) is 4.39 Å². The van der Waals surface area contributed by atoms with E-state index >= 15 is 0 Å². The molecule has 1 aliphatic carbocycles. The lowest BCUT2D eigenvalue weighted by molar-refractivity contribution is -0.118. The summed E-state index contributed by atoms with van der Waals surface area (Å²) in [5.74, 6) is 0.0490. The second-order valence-corrected chi connectivity index (χ2v) is 6.04. The highest BCUT2D eigenvalue weighted by Gasteiger charge is 2.41. The second kappa shape index (κ2) is 6.39. The summed E-state index contributed by atoms with van der Waals surface area (Å²) >= 11 is 1.39. The third-order valence-corrected chi connectivity index (χ3v) is 4.46. The van der Waals surface area contributed by atoms with Crippen LogP contribution in [-0.4, -0.2) is 29.9 Å². The Bertz CT molecular complexity index is 432. The molecule has 1 aromatic carbocycles. The van der Waals surface area contributed by atoms with Gasteiger partial charge in [-0.1, -0.05) is 0 Å². The van der Waals surface area contributed by atoms with Gasteiger partial charge in [0.15, 0.2) is 0 Å². The van der Waals surface area contributed by atoms with Crippen LogP contribution in [0, 0.1) is 11.2 Å². The number of hydrogen-bond donors (Lipinski definition) is 2. The Balaban J connectivity index is 1.69. The lowest BCUT2D eigenvalue weighted by atomic mass is 10.0. The molecule has 0 aromatic heterocycles. The summed E-state index contributed by atoms with van der Waals surface area (Å²) in [6.07, 6.45) is 2.93. The molecule has 0 aliphatic heterocycles. The fourth-order valence-electron chi connectivity index (χ4n) is 1.95. The van der Waals surface area contributed by atoms with Gasteiger partial charge in [0.25, 0.3) is 0 Å². The van der Waals surface area contributed by atoms with Crippen molar-refractivity contribution in [3.63, 3.8) is 0 Å². The van der Waals surface area contributed by atoms with E-state index in [9.17, 15) is 9.18 Å². The minimum atomic E-state index is -0.270. The molecule has 0 atom stereocenters. The van der Waals surface area contributed by atoms with Gasteiger partial charge in [0, 0.05) is 18.0 Å². The van der Waals surface area contributed by atoms with Crippen molar-refractivity contribution in [2.45, 2.75) is 24.2 Å². The first-order valence-corrected chi connectivity index (χ1v) is 7.38. The van der Waals surface area contributed by atoms with Gasteiger partial charge in [0.05, 0.1) is 5.75 Å². The number of rotatable bonds is 7. The molecule has 5 heteroatoms. The van der Waals surface area contributed by atoms with Gasteiger partial charge < -0.3 is 10.4 Å². The Labute approximate surface area is 116 Å². The van der Waals surface area contributed by atoms with E-state index in [2.05, 4.69) is 5.32 Å². The molecule has 0 heterocycles. The Morgan fingerprint density at radius 2 is 2.05 bits per heavy atom. The average Bonchev–Trinajstić information content (AvgIpc) is 3.17. The van der Waals surface area contributed by atoms with E-state index in [1.165, 1.54) is 23.9 Å². The molecule has 2 N–H and O–H groups in total. The van der Waals surface area contributed by atoms with Gasteiger partial charge >= 0.3 is 0 Å². The van der Waals surface area contributed by atoms with Gasteiger partial charge in [-0.25, -0.2) is 4.39 Å². The zero-order chi connectivity index (χ0) is 13.7. The molecule has 0 spiro atoms. The summed E-state index contributed by atoms with van der Waals surface area (Å²) in [6, 6.07) is 6.12. The number of thioether (sulfide) groups is 1. The van der Waals surface area contributed by atoms with Crippen LogP contribution in [0.5, 0.6) is 0 Å². The van der Waals surface area contributed by atoms with E-state index in [1.807, 2.05) is 0 Å². The van der Waals surface area contributed by atoms with Crippen LogP contribution in [0.3, 0.4) is 0 Å². The number of nitrogens with one attached hydrogen (secondary N) is 1. The maximum atomic E-state index is 12.7. The highest BCUT2D eigenvalue weighted by Crippen LogP contribution is 2.47. The Kier molecular flexibility index (Phi) is 4.82. The zero-order valence-electron chi connectivity index (χ0n) is 10.7. The number of amides is 1. The second-order valence-electron chi connectivity index (χ2n) is 4.99. The maximum absolute atomic E-state index is 12.7.